The molecule has 0 aliphatic heterocycles. The Kier molecular flexibility index (Phi) is 4.99. The van der Waals surface area contributed by atoms with Crippen molar-refractivity contribution >= 4 is 11.3 Å². The van der Waals surface area contributed by atoms with E-state index in [2.05, 4.69) is 25.2 Å². The third-order valence-corrected chi connectivity index (χ3v) is 3.80. The Morgan fingerprint density at radius 1 is 1.39 bits per heavy atom. The van der Waals surface area contributed by atoms with E-state index < -0.39 is 0 Å². The van der Waals surface area contributed by atoms with Crippen LogP contribution >= 0.6 is 11.3 Å². The number of hydrogen-bond acceptors (Lipinski definition) is 4. The van der Waals surface area contributed by atoms with Gasteiger partial charge in [-0.1, -0.05) is 6.92 Å². The van der Waals surface area contributed by atoms with E-state index >= 15 is 0 Å². The van der Waals surface area contributed by atoms with Gasteiger partial charge in [0.1, 0.15) is 12.4 Å². The van der Waals surface area contributed by atoms with E-state index in [-0.39, 0.29) is 0 Å². The zero-order valence-electron chi connectivity index (χ0n) is 10.9. The van der Waals surface area contributed by atoms with Gasteiger partial charge in [0.05, 0.1) is 12.9 Å². The maximum atomic E-state index is 5.66. The summed E-state index contributed by atoms with van der Waals surface area (Å²) in [4.78, 5) is 2.70. The van der Waals surface area contributed by atoms with E-state index in [1.807, 2.05) is 23.5 Å². The standard InChI is InChI=1S/C14H19NO2S/c1-3-15-8-14-7-12(11(2)18-14)9-16-10-13-5-4-6-17-13/h4-7,15H,3,8-10H2,1-2H3. The van der Waals surface area contributed by atoms with Crippen molar-refractivity contribution in [2.24, 2.45) is 0 Å². The lowest BCUT2D eigenvalue weighted by atomic mass is 10.2. The highest BCUT2D eigenvalue weighted by Crippen LogP contribution is 2.22. The van der Waals surface area contributed by atoms with E-state index in [0.29, 0.717) is 13.2 Å². The molecule has 0 unspecified atom stereocenters. The third kappa shape index (κ3) is 3.70. The second-order valence-corrected chi connectivity index (χ2v) is 5.49. The topological polar surface area (TPSA) is 34.4 Å². The lowest BCUT2D eigenvalue weighted by molar-refractivity contribution is 0.0928. The zero-order chi connectivity index (χ0) is 12.8. The first-order chi connectivity index (χ1) is 8.79. The molecular formula is C14H19NO2S. The molecule has 0 saturated heterocycles. The van der Waals surface area contributed by atoms with Crippen LogP contribution in [0.25, 0.3) is 0 Å². The Hall–Kier alpha value is -1.10. The summed E-state index contributed by atoms with van der Waals surface area (Å²) < 4.78 is 10.9. The highest BCUT2D eigenvalue weighted by Gasteiger charge is 2.06. The van der Waals surface area contributed by atoms with E-state index in [0.717, 1.165) is 18.8 Å². The molecule has 0 aliphatic carbocycles. The molecule has 3 nitrogen and oxygen atoms in total. The van der Waals surface area contributed by atoms with Gasteiger partial charge in [-0.15, -0.1) is 11.3 Å². The van der Waals surface area contributed by atoms with Gasteiger partial charge >= 0.3 is 0 Å². The van der Waals surface area contributed by atoms with Crippen molar-refractivity contribution in [2.75, 3.05) is 6.54 Å². The number of thiophene rings is 1. The first-order valence-electron chi connectivity index (χ1n) is 6.18. The predicted molar refractivity (Wildman–Crippen MR) is 73.6 cm³/mol. The Morgan fingerprint density at radius 2 is 2.28 bits per heavy atom. The minimum atomic E-state index is 0.533. The van der Waals surface area contributed by atoms with Crippen LogP contribution in [0.4, 0.5) is 0 Å². The molecule has 0 radical (unpaired) electrons. The summed E-state index contributed by atoms with van der Waals surface area (Å²) in [6, 6.07) is 6.03. The molecular weight excluding hydrogens is 246 g/mol. The van der Waals surface area contributed by atoms with Crippen LogP contribution in [0.2, 0.25) is 0 Å². The molecule has 98 valence electrons. The molecule has 0 aliphatic rings. The van der Waals surface area contributed by atoms with Crippen molar-refractivity contribution in [3.05, 3.63) is 45.5 Å². The minimum absolute atomic E-state index is 0.533. The summed E-state index contributed by atoms with van der Waals surface area (Å²) in [5.74, 6) is 0.871. The monoisotopic (exact) mass is 265 g/mol. The first kappa shape index (κ1) is 13.3. The van der Waals surface area contributed by atoms with Crippen LogP contribution in [0, 0.1) is 6.92 Å². The maximum absolute atomic E-state index is 5.66. The summed E-state index contributed by atoms with van der Waals surface area (Å²) in [7, 11) is 0. The average molecular weight is 265 g/mol. The van der Waals surface area contributed by atoms with E-state index in [1.165, 1.54) is 15.3 Å². The highest BCUT2D eigenvalue weighted by atomic mass is 32.1. The largest absolute Gasteiger partial charge is 0.467 e. The van der Waals surface area contributed by atoms with Gasteiger partial charge in [-0.2, -0.15) is 0 Å². The molecule has 0 saturated carbocycles. The Balaban J connectivity index is 1.83. The summed E-state index contributed by atoms with van der Waals surface area (Å²) >= 11 is 1.84. The zero-order valence-corrected chi connectivity index (χ0v) is 11.7. The number of furan rings is 1. The van der Waals surface area contributed by atoms with Crippen LogP contribution in [0.1, 0.15) is 28.0 Å². The van der Waals surface area contributed by atoms with Crippen molar-refractivity contribution in [3.8, 4) is 0 Å². The molecule has 2 aromatic rings. The molecule has 4 heteroatoms. The normalized spacial score (nSPS) is 11.0. The number of hydrogen-bond donors (Lipinski definition) is 1. The molecule has 1 N–H and O–H groups in total. The van der Waals surface area contributed by atoms with Crippen molar-refractivity contribution in [3.63, 3.8) is 0 Å². The van der Waals surface area contributed by atoms with Crippen LogP contribution < -0.4 is 5.32 Å². The van der Waals surface area contributed by atoms with Gasteiger partial charge in [0.15, 0.2) is 0 Å². The number of ether oxygens (including phenoxy) is 1. The molecule has 0 spiro atoms. The first-order valence-corrected chi connectivity index (χ1v) is 7.00. The molecule has 18 heavy (non-hydrogen) atoms. The van der Waals surface area contributed by atoms with Crippen molar-refractivity contribution in [2.45, 2.75) is 33.6 Å². The van der Waals surface area contributed by atoms with Gasteiger partial charge in [-0.3, -0.25) is 0 Å². The summed E-state index contributed by atoms with van der Waals surface area (Å²) in [6.45, 7) is 7.39. The SMILES string of the molecule is CCNCc1cc(COCc2ccco2)c(C)s1. The Morgan fingerprint density at radius 3 is 3.00 bits per heavy atom. The van der Waals surface area contributed by atoms with Gasteiger partial charge in [0.25, 0.3) is 0 Å². The van der Waals surface area contributed by atoms with Crippen LogP contribution in [0.15, 0.2) is 28.9 Å². The van der Waals surface area contributed by atoms with Crippen LogP contribution in [0.5, 0.6) is 0 Å². The second-order valence-electron chi connectivity index (χ2n) is 4.15. The molecule has 2 heterocycles. The van der Waals surface area contributed by atoms with Crippen molar-refractivity contribution in [1.29, 1.82) is 0 Å². The molecule has 0 atom stereocenters. The highest BCUT2D eigenvalue weighted by molar-refractivity contribution is 7.12. The van der Waals surface area contributed by atoms with Crippen molar-refractivity contribution < 1.29 is 9.15 Å². The molecule has 2 rings (SSSR count). The van der Waals surface area contributed by atoms with Crippen LogP contribution in [-0.2, 0) is 24.5 Å². The van der Waals surface area contributed by atoms with Gasteiger partial charge in [0.2, 0.25) is 0 Å². The Labute approximate surface area is 112 Å². The quantitative estimate of drug-likeness (QED) is 0.832. The molecule has 0 bridgehead atoms. The number of nitrogens with one attached hydrogen (secondary N) is 1. The fraction of sp³-hybridized carbons (Fsp3) is 0.429. The molecule has 0 amide bonds. The summed E-state index contributed by atoms with van der Waals surface area (Å²) in [5.41, 5.74) is 1.28. The number of rotatable bonds is 7. The number of aryl methyl sites for hydroxylation is 1. The van der Waals surface area contributed by atoms with Gasteiger partial charge in [0, 0.05) is 16.3 Å². The van der Waals surface area contributed by atoms with E-state index in [1.54, 1.807) is 6.26 Å². The molecule has 2 aromatic heterocycles. The fourth-order valence-electron chi connectivity index (χ4n) is 1.72. The molecule has 0 aromatic carbocycles. The minimum Gasteiger partial charge on any atom is -0.467 e. The molecule has 0 fully saturated rings. The summed E-state index contributed by atoms with van der Waals surface area (Å²) in [6.07, 6.45) is 1.67. The van der Waals surface area contributed by atoms with Gasteiger partial charge in [-0.25, -0.2) is 0 Å². The van der Waals surface area contributed by atoms with E-state index in [4.69, 9.17) is 9.15 Å². The predicted octanol–water partition coefficient (Wildman–Crippen LogP) is 3.48. The Bertz CT molecular complexity index is 462. The fourth-order valence-corrected chi connectivity index (χ4v) is 2.74. The average Bonchev–Trinajstić information content (AvgIpc) is 2.98. The second kappa shape index (κ2) is 6.73. The smallest absolute Gasteiger partial charge is 0.129 e. The third-order valence-electron chi connectivity index (χ3n) is 2.70. The lowest BCUT2D eigenvalue weighted by Crippen LogP contribution is -2.10. The van der Waals surface area contributed by atoms with Gasteiger partial charge in [-0.05, 0) is 37.2 Å². The van der Waals surface area contributed by atoms with Crippen LogP contribution in [-0.4, -0.2) is 6.54 Å². The van der Waals surface area contributed by atoms with Crippen LogP contribution in [0.3, 0.4) is 0 Å². The lowest BCUT2D eigenvalue weighted by Gasteiger charge is -2.01. The van der Waals surface area contributed by atoms with Crippen molar-refractivity contribution in [1.82, 2.24) is 5.32 Å². The summed E-state index contributed by atoms with van der Waals surface area (Å²) in [5, 5.41) is 3.34. The maximum Gasteiger partial charge on any atom is 0.129 e. The van der Waals surface area contributed by atoms with Gasteiger partial charge < -0.3 is 14.5 Å². The van der Waals surface area contributed by atoms with E-state index in [9.17, 15) is 0 Å².